The first-order valence-corrected chi connectivity index (χ1v) is 8.36. The van der Waals surface area contributed by atoms with E-state index in [1.165, 1.54) is 36.8 Å². The highest BCUT2D eigenvalue weighted by atomic mass is 16.1. The Hall–Kier alpha value is -1.35. The number of rotatable bonds is 6. The molecule has 3 nitrogen and oxygen atoms in total. The number of aryl methyl sites for hydroxylation is 1. The Kier molecular flexibility index (Phi) is 6.74. The van der Waals surface area contributed by atoms with Crippen LogP contribution in [0.5, 0.6) is 0 Å². The fourth-order valence-corrected chi connectivity index (χ4v) is 2.92. The van der Waals surface area contributed by atoms with Crippen LogP contribution in [-0.4, -0.2) is 18.5 Å². The zero-order valence-electron chi connectivity index (χ0n) is 13.2. The molecular weight excluding hydrogens is 260 g/mol. The molecule has 1 fully saturated rings. The minimum Gasteiger partial charge on any atom is -0.352 e. The van der Waals surface area contributed by atoms with Crippen LogP contribution in [-0.2, 0) is 17.8 Å². The molecule has 1 saturated carbocycles. The van der Waals surface area contributed by atoms with Gasteiger partial charge in [-0.05, 0) is 30.4 Å². The SMILES string of the molecule is CCc1ccc(CNCC(=O)NC2CCCCCC2)cc1. The van der Waals surface area contributed by atoms with Gasteiger partial charge in [0.2, 0.25) is 5.91 Å². The lowest BCUT2D eigenvalue weighted by Crippen LogP contribution is -2.40. The molecule has 0 unspecified atom stereocenters. The van der Waals surface area contributed by atoms with E-state index in [1.54, 1.807) is 0 Å². The van der Waals surface area contributed by atoms with Crippen molar-refractivity contribution in [3.63, 3.8) is 0 Å². The monoisotopic (exact) mass is 288 g/mol. The maximum absolute atomic E-state index is 11.9. The summed E-state index contributed by atoms with van der Waals surface area (Å²) in [5.41, 5.74) is 2.58. The van der Waals surface area contributed by atoms with Crippen molar-refractivity contribution < 1.29 is 4.79 Å². The highest BCUT2D eigenvalue weighted by Gasteiger charge is 2.14. The van der Waals surface area contributed by atoms with E-state index in [1.807, 2.05) is 0 Å². The summed E-state index contributed by atoms with van der Waals surface area (Å²) in [4.78, 5) is 11.9. The van der Waals surface area contributed by atoms with Crippen molar-refractivity contribution in [2.75, 3.05) is 6.54 Å². The fraction of sp³-hybridized carbons (Fsp3) is 0.611. The molecule has 0 heterocycles. The molecule has 1 aliphatic carbocycles. The lowest BCUT2D eigenvalue weighted by molar-refractivity contribution is -0.121. The predicted molar refractivity (Wildman–Crippen MR) is 87.2 cm³/mol. The summed E-state index contributed by atoms with van der Waals surface area (Å²) in [6, 6.07) is 8.97. The number of hydrogen-bond acceptors (Lipinski definition) is 2. The van der Waals surface area contributed by atoms with Gasteiger partial charge in [-0.25, -0.2) is 0 Å². The molecule has 0 atom stereocenters. The Balaban J connectivity index is 1.66. The number of nitrogens with one attached hydrogen (secondary N) is 2. The Labute approximate surface area is 128 Å². The Morgan fingerprint density at radius 3 is 2.29 bits per heavy atom. The number of carbonyl (C=O) groups is 1. The molecule has 116 valence electrons. The van der Waals surface area contributed by atoms with Crippen LogP contribution in [0, 0.1) is 0 Å². The minimum atomic E-state index is 0.132. The first-order chi connectivity index (χ1) is 10.3. The average molecular weight is 288 g/mol. The number of amides is 1. The van der Waals surface area contributed by atoms with Gasteiger partial charge in [0, 0.05) is 12.6 Å². The Morgan fingerprint density at radius 1 is 1.05 bits per heavy atom. The molecule has 0 spiro atoms. The van der Waals surface area contributed by atoms with Crippen LogP contribution >= 0.6 is 0 Å². The van der Waals surface area contributed by atoms with Crippen LogP contribution in [0.25, 0.3) is 0 Å². The second kappa shape index (κ2) is 8.83. The predicted octanol–water partition coefficient (Wildman–Crippen LogP) is 3.18. The van der Waals surface area contributed by atoms with Gasteiger partial charge in [-0.2, -0.15) is 0 Å². The standard InChI is InChI=1S/C18H28N2O/c1-2-15-9-11-16(12-10-15)13-19-14-18(21)20-17-7-5-3-4-6-8-17/h9-12,17,19H,2-8,13-14H2,1H3,(H,20,21). The van der Waals surface area contributed by atoms with E-state index in [0.29, 0.717) is 12.6 Å². The topological polar surface area (TPSA) is 41.1 Å². The lowest BCUT2D eigenvalue weighted by Gasteiger charge is -2.16. The molecule has 0 aliphatic heterocycles. The van der Waals surface area contributed by atoms with Crippen LogP contribution in [0.15, 0.2) is 24.3 Å². The van der Waals surface area contributed by atoms with Crippen molar-refractivity contribution in [3.8, 4) is 0 Å². The molecule has 0 radical (unpaired) electrons. The molecule has 1 amide bonds. The third kappa shape index (κ3) is 5.88. The molecule has 0 saturated heterocycles. The second-order valence-electron chi connectivity index (χ2n) is 6.03. The highest BCUT2D eigenvalue weighted by molar-refractivity contribution is 5.78. The van der Waals surface area contributed by atoms with Crippen LogP contribution in [0.4, 0.5) is 0 Å². The van der Waals surface area contributed by atoms with E-state index in [0.717, 1.165) is 25.8 Å². The first kappa shape index (κ1) is 16.0. The molecule has 0 bridgehead atoms. The van der Waals surface area contributed by atoms with Gasteiger partial charge in [0.05, 0.1) is 6.54 Å². The van der Waals surface area contributed by atoms with Gasteiger partial charge in [0.25, 0.3) is 0 Å². The molecule has 2 N–H and O–H groups in total. The smallest absolute Gasteiger partial charge is 0.234 e. The molecule has 2 rings (SSSR count). The summed E-state index contributed by atoms with van der Waals surface area (Å²) in [6.45, 7) is 3.32. The molecule has 1 aliphatic rings. The van der Waals surface area contributed by atoms with Crippen LogP contribution in [0.2, 0.25) is 0 Å². The van der Waals surface area contributed by atoms with Gasteiger partial charge < -0.3 is 10.6 Å². The van der Waals surface area contributed by atoms with Crippen molar-refractivity contribution in [2.45, 2.75) is 64.5 Å². The number of carbonyl (C=O) groups excluding carboxylic acids is 1. The van der Waals surface area contributed by atoms with E-state index in [4.69, 9.17) is 0 Å². The van der Waals surface area contributed by atoms with E-state index < -0.39 is 0 Å². The molecule has 3 heteroatoms. The van der Waals surface area contributed by atoms with Gasteiger partial charge >= 0.3 is 0 Å². The van der Waals surface area contributed by atoms with Crippen molar-refractivity contribution in [1.29, 1.82) is 0 Å². The number of benzene rings is 1. The number of hydrogen-bond donors (Lipinski definition) is 2. The van der Waals surface area contributed by atoms with Crippen molar-refractivity contribution in [2.24, 2.45) is 0 Å². The van der Waals surface area contributed by atoms with Crippen molar-refractivity contribution in [3.05, 3.63) is 35.4 Å². The zero-order chi connectivity index (χ0) is 14.9. The Morgan fingerprint density at radius 2 is 1.67 bits per heavy atom. The first-order valence-electron chi connectivity index (χ1n) is 8.36. The molecule has 1 aromatic carbocycles. The third-order valence-electron chi connectivity index (χ3n) is 4.27. The van der Waals surface area contributed by atoms with Gasteiger partial charge in [-0.1, -0.05) is 56.9 Å². The molecule has 0 aromatic heterocycles. The van der Waals surface area contributed by atoms with E-state index in [-0.39, 0.29) is 5.91 Å². The fourth-order valence-electron chi connectivity index (χ4n) is 2.92. The van der Waals surface area contributed by atoms with Crippen LogP contribution < -0.4 is 10.6 Å². The van der Waals surface area contributed by atoms with Crippen molar-refractivity contribution in [1.82, 2.24) is 10.6 Å². The van der Waals surface area contributed by atoms with Crippen molar-refractivity contribution >= 4 is 5.91 Å². The quantitative estimate of drug-likeness (QED) is 0.789. The minimum absolute atomic E-state index is 0.132. The summed E-state index contributed by atoms with van der Waals surface area (Å²) in [5.74, 6) is 0.132. The molecule has 21 heavy (non-hydrogen) atoms. The largest absolute Gasteiger partial charge is 0.352 e. The summed E-state index contributed by atoms with van der Waals surface area (Å²) < 4.78 is 0. The maximum Gasteiger partial charge on any atom is 0.234 e. The van der Waals surface area contributed by atoms with Gasteiger partial charge in [0.15, 0.2) is 0 Å². The average Bonchev–Trinajstić information content (AvgIpc) is 2.76. The lowest BCUT2D eigenvalue weighted by atomic mass is 10.1. The summed E-state index contributed by atoms with van der Waals surface area (Å²) >= 11 is 0. The van der Waals surface area contributed by atoms with Gasteiger partial charge in [-0.15, -0.1) is 0 Å². The third-order valence-corrected chi connectivity index (χ3v) is 4.27. The van der Waals surface area contributed by atoms with Crippen LogP contribution in [0.1, 0.15) is 56.6 Å². The van der Waals surface area contributed by atoms with E-state index >= 15 is 0 Å². The summed E-state index contributed by atoms with van der Waals surface area (Å²) in [5, 5.41) is 6.39. The normalized spacial score (nSPS) is 16.4. The summed E-state index contributed by atoms with van der Waals surface area (Å²) in [7, 11) is 0. The summed E-state index contributed by atoms with van der Waals surface area (Å²) in [6.07, 6.45) is 8.49. The van der Waals surface area contributed by atoms with Gasteiger partial charge in [0.1, 0.15) is 0 Å². The maximum atomic E-state index is 11.9. The second-order valence-corrected chi connectivity index (χ2v) is 6.03. The van der Waals surface area contributed by atoms with Crippen LogP contribution in [0.3, 0.4) is 0 Å². The molecular formula is C18H28N2O. The zero-order valence-corrected chi connectivity index (χ0v) is 13.2. The molecule has 1 aromatic rings. The van der Waals surface area contributed by atoms with Gasteiger partial charge in [-0.3, -0.25) is 4.79 Å². The van der Waals surface area contributed by atoms with E-state index in [9.17, 15) is 4.79 Å². The van der Waals surface area contributed by atoms with E-state index in [2.05, 4.69) is 41.8 Å². The highest BCUT2D eigenvalue weighted by Crippen LogP contribution is 2.16. The Bertz CT molecular complexity index is 419.